The first-order chi connectivity index (χ1) is 7.96. The first kappa shape index (κ1) is 13.8. The maximum Gasteiger partial charge on any atom is 0.363 e. The van der Waals surface area contributed by atoms with Gasteiger partial charge in [0.05, 0.1) is 10.5 Å². The fourth-order valence-electron chi connectivity index (χ4n) is 1.32. The standard InChI is InChI=1S/C9H12NO6P/c1-15-17(14,16-2)9(11)7-5-3-4-6-8(7)10(12)13/h3-6,9,11H,1-2H3/t9-/m0/s1. The van der Waals surface area contributed by atoms with E-state index in [1.54, 1.807) is 0 Å². The van der Waals surface area contributed by atoms with E-state index in [0.29, 0.717) is 0 Å². The van der Waals surface area contributed by atoms with Gasteiger partial charge in [-0.2, -0.15) is 0 Å². The molecule has 0 saturated heterocycles. The fraction of sp³-hybridized carbons (Fsp3) is 0.333. The van der Waals surface area contributed by atoms with Gasteiger partial charge in [0, 0.05) is 20.3 Å². The summed E-state index contributed by atoms with van der Waals surface area (Å²) in [5.41, 5.74) is -0.446. The van der Waals surface area contributed by atoms with Gasteiger partial charge in [-0.05, 0) is 6.07 Å². The van der Waals surface area contributed by atoms with Crippen LogP contribution < -0.4 is 0 Å². The Balaban J connectivity index is 3.25. The predicted octanol–water partition coefficient (Wildman–Crippen LogP) is 2.07. The molecule has 0 aromatic heterocycles. The first-order valence-corrected chi connectivity index (χ1v) is 6.20. The number of benzene rings is 1. The molecule has 0 saturated carbocycles. The number of aliphatic hydroxyl groups is 1. The van der Waals surface area contributed by atoms with Crippen molar-refractivity contribution >= 4 is 13.3 Å². The fourth-order valence-corrected chi connectivity index (χ4v) is 2.42. The van der Waals surface area contributed by atoms with Crippen LogP contribution in [0.1, 0.15) is 11.4 Å². The minimum atomic E-state index is -3.81. The largest absolute Gasteiger partial charge is 0.376 e. The molecule has 1 aromatic rings. The molecule has 1 rings (SSSR count). The SMILES string of the molecule is COP(=O)(OC)[C@H](O)c1ccccc1[N+](=O)[O-]. The highest BCUT2D eigenvalue weighted by atomic mass is 31.2. The third kappa shape index (κ3) is 2.70. The number of para-hydroxylation sites is 1. The van der Waals surface area contributed by atoms with Crippen molar-refractivity contribution in [2.24, 2.45) is 0 Å². The minimum Gasteiger partial charge on any atom is -0.376 e. The lowest BCUT2D eigenvalue weighted by atomic mass is 10.2. The van der Waals surface area contributed by atoms with Crippen molar-refractivity contribution in [3.05, 3.63) is 39.9 Å². The van der Waals surface area contributed by atoms with Crippen LogP contribution in [0.3, 0.4) is 0 Å². The van der Waals surface area contributed by atoms with E-state index in [-0.39, 0.29) is 11.3 Å². The summed E-state index contributed by atoms with van der Waals surface area (Å²) in [7, 11) is -1.61. The Kier molecular flexibility index (Phi) is 4.36. The highest BCUT2D eigenvalue weighted by Crippen LogP contribution is 2.59. The van der Waals surface area contributed by atoms with E-state index in [4.69, 9.17) is 0 Å². The van der Waals surface area contributed by atoms with Crippen LogP contribution in [-0.2, 0) is 13.6 Å². The zero-order chi connectivity index (χ0) is 13.1. The van der Waals surface area contributed by atoms with Crippen LogP contribution in [0.4, 0.5) is 5.69 Å². The van der Waals surface area contributed by atoms with E-state index >= 15 is 0 Å². The van der Waals surface area contributed by atoms with Crippen LogP contribution in [0.2, 0.25) is 0 Å². The second-order valence-electron chi connectivity index (χ2n) is 3.09. The molecule has 1 N–H and O–H groups in total. The molecule has 0 amide bonds. The summed E-state index contributed by atoms with van der Waals surface area (Å²) < 4.78 is 21.1. The van der Waals surface area contributed by atoms with Gasteiger partial charge >= 0.3 is 7.60 Å². The van der Waals surface area contributed by atoms with E-state index in [0.717, 1.165) is 14.2 Å². The topological polar surface area (TPSA) is 98.9 Å². The Bertz CT molecular complexity index is 455. The van der Waals surface area contributed by atoms with Crippen LogP contribution >= 0.6 is 7.60 Å². The summed E-state index contributed by atoms with van der Waals surface area (Å²) in [6, 6.07) is 5.43. The number of nitro groups is 1. The maximum atomic E-state index is 11.9. The average Bonchev–Trinajstić information content (AvgIpc) is 2.36. The third-order valence-corrected chi connectivity index (χ3v) is 4.12. The van der Waals surface area contributed by atoms with Crippen LogP contribution in [0.5, 0.6) is 0 Å². The van der Waals surface area contributed by atoms with Gasteiger partial charge in [-0.15, -0.1) is 0 Å². The molecule has 0 radical (unpaired) electrons. The highest BCUT2D eigenvalue weighted by molar-refractivity contribution is 7.54. The number of rotatable bonds is 5. The van der Waals surface area contributed by atoms with Crippen LogP contribution in [0.15, 0.2) is 24.3 Å². The van der Waals surface area contributed by atoms with Crippen molar-refractivity contribution in [3.8, 4) is 0 Å². The lowest BCUT2D eigenvalue weighted by Crippen LogP contribution is -2.05. The normalized spacial score (nSPS) is 13.4. The lowest BCUT2D eigenvalue weighted by Gasteiger charge is -2.19. The Morgan fingerprint density at radius 3 is 2.35 bits per heavy atom. The van der Waals surface area contributed by atoms with Crippen molar-refractivity contribution in [1.82, 2.24) is 0 Å². The van der Waals surface area contributed by atoms with Gasteiger partial charge in [0.25, 0.3) is 5.69 Å². The number of aliphatic hydroxyl groups excluding tert-OH is 1. The lowest BCUT2D eigenvalue weighted by molar-refractivity contribution is -0.386. The van der Waals surface area contributed by atoms with Crippen molar-refractivity contribution in [1.29, 1.82) is 0 Å². The predicted molar refractivity (Wildman–Crippen MR) is 59.7 cm³/mol. The van der Waals surface area contributed by atoms with Crippen LogP contribution in [0.25, 0.3) is 0 Å². The molecular weight excluding hydrogens is 249 g/mol. The molecule has 1 atom stereocenters. The van der Waals surface area contributed by atoms with Gasteiger partial charge in [0.1, 0.15) is 0 Å². The molecular formula is C9H12NO6P. The van der Waals surface area contributed by atoms with Gasteiger partial charge in [0.2, 0.25) is 0 Å². The Hall–Kier alpha value is -1.27. The minimum absolute atomic E-state index is 0.107. The van der Waals surface area contributed by atoms with Crippen molar-refractivity contribution in [3.63, 3.8) is 0 Å². The second kappa shape index (κ2) is 5.37. The number of hydrogen-bond acceptors (Lipinski definition) is 6. The van der Waals surface area contributed by atoms with E-state index < -0.39 is 18.4 Å². The summed E-state index contributed by atoms with van der Waals surface area (Å²) in [6.45, 7) is 0. The van der Waals surface area contributed by atoms with Crippen molar-refractivity contribution < 1.29 is 23.6 Å². The van der Waals surface area contributed by atoms with E-state index in [1.165, 1.54) is 24.3 Å². The van der Waals surface area contributed by atoms with Gasteiger partial charge in [-0.1, -0.05) is 12.1 Å². The molecule has 0 fully saturated rings. The van der Waals surface area contributed by atoms with Gasteiger partial charge < -0.3 is 14.2 Å². The molecule has 7 nitrogen and oxygen atoms in total. The zero-order valence-corrected chi connectivity index (χ0v) is 10.2. The molecule has 0 heterocycles. The number of hydrogen-bond donors (Lipinski definition) is 1. The molecule has 0 unspecified atom stereocenters. The van der Waals surface area contributed by atoms with E-state index in [9.17, 15) is 19.8 Å². The average molecular weight is 261 g/mol. The smallest absolute Gasteiger partial charge is 0.363 e. The number of nitrogens with zero attached hydrogens (tertiary/aromatic N) is 1. The van der Waals surface area contributed by atoms with Crippen molar-refractivity contribution in [2.45, 2.75) is 5.85 Å². The summed E-state index contributed by atoms with van der Waals surface area (Å²) in [6.07, 6.45) is 0. The molecule has 8 heteroatoms. The first-order valence-electron chi connectivity index (χ1n) is 4.59. The molecule has 0 aliphatic rings. The molecule has 0 aliphatic heterocycles. The summed E-state index contributed by atoms with van der Waals surface area (Å²) >= 11 is 0. The second-order valence-corrected chi connectivity index (χ2v) is 5.39. The number of nitro benzene ring substituents is 1. The molecule has 0 spiro atoms. The van der Waals surface area contributed by atoms with E-state index in [2.05, 4.69) is 9.05 Å². The van der Waals surface area contributed by atoms with Gasteiger partial charge in [-0.3, -0.25) is 14.7 Å². The van der Waals surface area contributed by atoms with Gasteiger partial charge in [-0.25, -0.2) is 0 Å². The van der Waals surface area contributed by atoms with Crippen LogP contribution in [0, 0.1) is 10.1 Å². The Morgan fingerprint density at radius 2 is 1.88 bits per heavy atom. The van der Waals surface area contributed by atoms with E-state index in [1.807, 2.05) is 0 Å². The van der Waals surface area contributed by atoms with Crippen molar-refractivity contribution in [2.75, 3.05) is 14.2 Å². The third-order valence-electron chi connectivity index (χ3n) is 2.22. The molecule has 1 aromatic carbocycles. The summed E-state index contributed by atoms with van der Waals surface area (Å²) in [5.74, 6) is -1.70. The Labute approximate surface area is 97.7 Å². The highest BCUT2D eigenvalue weighted by Gasteiger charge is 2.37. The molecule has 17 heavy (non-hydrogen) atoms. The zero-order valence-electron chi connectivity index (χ0n) is 9.27. The van der Waals surface area contributed by atoms with Gasteiger partial charge in [0.15, 0.2) is 5.85 Å². The molecule has 0 bridgehead atoms. The molecule has 94 valence electrons. The summed E-state index contributed by atoms with van der Waals surface area (Å²) in [4.78, 5) is 10.1. The quantitative estimate of drug-likeness (QED) is 0.494. The molecule has 0 aliphatic carbocycles. The maximum absolute atomic E-state index is 11.9. The summed E-state index contributed by atoms with van der Waals surface area (Å²) in [5, 5.41) is 20.6. The monoisotopic (exact) mass is 261 g/mol. The van der Waals surface area contributed by atoms with Crippen LogP contribution in [-0.4, -0.2) is 24.2 Å². The Morgan fingerprint density at radius 1 is 1.35 bits per heavy atom.